The molecule has 0 atom stereocenters. The number of piperazine rings is 1. The van der Waals surface area contributed by atoms with Crippen molar-refractivity contribution in [3.05, 3.63) is 73.7 Å². The average molecular weight is 513 g/mol. The number of hydrogen-bond acceptors (Lipinski definition) is 8. The van der Waals surface area contributed by atoms with Crippen molar-refractivity contribution in [3.63, 3.8) is 0 Å². The number of β-amino-alcohol motifs (C(OH)–C–C–N with tert-alkyl or cyclic N) is 1. The summed E-state index contributed by atoms with van der Waals surface area (Å²) in [5.41, 5.74) is 4.38. The second-order valence-corrected chi connectivity index (χ2v) is 10.0. The van der Waals surface area contributed by atoms with Crippen molar-refractivity contribution in [2.45, 2.75) is 19.4 Å². The summed E-state index contributed by atoms with van der Waals surface area (Å²) in [4.78, 5) is 25.5. The van der Waals surface area contributed by atoms with E-state index in [9.17, 15) is 9.90 Å². The van der Waals surface area contributed by atoms with Gasteiger partial charge in [0.2, 0.25) is 11.9 Å². The third-order valence-electron chi connectivity index (χ3n) is 6.37. The number of anilines is 4. The van der Waals surface area contributed by atoms with Crippen molar-refractivity contribution in [2.75, 3.05) is 48.3 Å². The number of carbonyl (C=O) groups is 1. The Balaban J connectivity index is 1.28. The number of benzene rings is 2. The van der Waals surface area contributed by atoms with Crippen molar-refractivity contribution in [1.29, 1.82) is 0 Å². The SMILES string of the molecule is C=CC(=O)Nc1cccc(-c2cnn3cnc(Nc4ccc(N5CCN(CC(C)(C)O)CC5)cc4)nc23)c1. The van der Waals surface area contributed by atoms with Crippen LogP contribution in [0.1, 0.15) is 13.8 Å². The van der Waals surface area contributed by atoms with Gasteiger partial charge in [0.05, 0.1) is 11.8 Å². The van der Waals surface area contributed by atoms with Gasteiger partial charge in [0.1, 0.15) is 6.33 Å². The lowest BCUT2D eigenvalue weighted by Gasteiger charge is -2.38. The van der Waals surface area contributed by atoms with Gasteiger partial charge in [-0.15, -0.1) is 0 Å². The number of fused-ring (bicyclic) bond motifs is 1. The third kappa shape index (κ3) is 5.99. The van der Waals surface area contributed by atoms with E-state index < -0.39 is 5.60 Å². The summed E-state index contributed by atoms with van der Waals surface area (Å²) in [6, 6.07) is 15.7. The molecule has 0 unspecified atom stereocenters. The van der Waals surface area contributed by atoms with Crippen LogP contribution in [0.15, 0.2) is 73.7 Å². The van der Waals surface area contributed by atoms with Crippen LogP contribution in [-0.4, -0.2) is 73.8 Å². The zero-order chi connectivity index (χ0) is 26.7. The third-order valence-corrected chi connectivity index (χ3v) is 6.37. The molecule has 10 heteroatoms. The van der Waals surface area contributed by atoms with E-state index >= 15 is 0 Å². The van der Waals surface area contributed by atoms with Gasteiger partial charge in [0.25, 0.3) is 0 Å². The number of aliphatic hydroxyl groups is 1. The van der Waals surface area contributed by atoms with Crippen LogP contribution in [0.2, 0.25) is 0 Å². The van der Waals surface area contributed by atoms with Crippen molar-refractivity contribution in [3.8, 4) is 11.1 Å². The molecule has 5 rings (SSSR count). The summed E-state index contributed by atoms with van der Waals surface area (Å²) >= 11 is 0. The lowest BCUT2D eigenvalue weighted by molar-refractivity contribution is -0.111. The second-order valence-electron chi connectivity index (χ2n) is 10.0. The first-order valence-electron chi connectivity index (χ1n) is 12.6. The fraction of sp³-hybridized carbons (Fsp3) is 0.286. The smallest absolute Gasteiger partial charge is 0.247 e. The molecule has 10 nitrogen and oxygen atoms in total. The monoisotopic (exact) mass is 512 g/mol. The van der Waals surface area contributed by atoms with Crippen LogP contribution in [0, 0.1) is 0 Å². The molecule has 1 fully saturated rings. The fourth-order valence-electron chi connectivity index (χ4n) is 4.61. The van der Waals surface area contributed by atoms with Crippen molar-refractivity contribution in [1.82, 2.24) is 24.5 Å². The molecular weight excluding hydrogens is 480 g/mol. The molecule has 0 saturated carbocycles. The number of carbonyl (C=O) groups excluding carboxylic acids is 1. The molecule has 0 spiro atoms. The van der Waals surface area contributed by atoms with Gasteiger partial charge in [0, 0.05) is 55.3 Å². The zero-order valence-corrected chi connectivity index (χ0v) is 21.6. The maximum atomic E-state index is 11.7. The summed E-state index contributed by atoms with van der Waals surface area (Å²) in [6.45, 7) is 11.6. The van der Waals surface area contributed by atoms with Crippen LogP contribution in [0.4, 0.5) is 23.0 Å². The molecule has 1 aliphatic rings. The maximum Gasteiger partial charge on any atom is 0.247 e. The van der Waals surface area contributed by atoms with Crippen molar-refractivity contribution < 1.29 is 9.90 Å². The molecule has 0 aliphatic carbocycles. The molecule has 1 aliphatic heterocycles. The first-order valence-corrected chi connectivity index (χ1v) is 12.6. The Kier molecular flexibility index (Phi) is 7.08. The summed E-state index contributed by atoms with van der Waals surface area (Å²) in [6.07, 6.45) is 4.59. The molecule has 1 amide bonds. The van der Waals surface area contributed by atoms with E-state index in [0.29, 0.717) is 23.8 Å². The van der Waals surface area contributed by atoms with E-state index in [1.165, 1.54) is 6.08 Å². The Bertz CT molecular complexity index is 1430. The highest BCUT2D eigenvalue weighted by molar-refractivity contribution is 5.99. The number of amides is 1. The van der Waals surface area contributed by atoms with E-state index in [0.717, 1.165) is 48.7 Å². The average Bonchev–Trinajstić information content (AvgIpc) is 3.32. The first kappa shape index (κ1) is 25.4. The van der Waals surface area contributed by atoms with Crippen LogP contribution >= 0.6 is 0 Å². The number of aromatic nitrogens is 4. The number of nitrogens with one attached hydrogen (secondary N) is 2. The normalized spacial score (nSPS) is 14.4. The summed E-state index contributed by atoms with van der Waals surface area (Å²) < 4.78 is 1.62. The van der Waals surface area contributed by atoms with E-state index in [1.807, 2.05) is 50.2 Å². The lowest BCUT2D eigenvalue weighted by Crippen LogP contribution is -2.50. The van der Waals surface area contributed by atoms with Crippen LogP contribution in [0.3, 0.4) is 0 Å². The van der Waals surface area contributed by atoms with Gasteiger partial charge in [-0.25, -0.2) is 9.50 Å². The van der Waals surface area contributed by atoms with Gasteiger partial charge in [-0.1, -0.05) is 18.7 Å². The molecule has 3 heterocycles. The molecule has 0 bridgehead atoms. The van der Waals surface area contributed by atoms with Crippen molar-refractivity contribution in [2.24, 2.45) is 0 Å². The fourth-order valence-corrected chi connectivity index (χ4v) is 4.61. The quantitative estimate of drug-likeness (QED) is 0.308. The highest BCUT2D eigenvalue weighted by atomic mass is 16.3. The van der Waals surface area contributed by atoms with E-state index in [2.05, 4.69) is 49.2 Å². The minimum absolute atomic E-state index is 0.269. The lowest BCUT2D eigenvalue weighted by atomic mass is 10.1. The van der Waals surface area contributed by atoms with Gasteiger partial charge in [-0.3, -0.25) is 9.69 Å². The molecule has 3 N–H and O–H groups in total. The molecule has 38 heavy (non-hydrogen) atoms. The first-order chi connectivity index (χ1) is 18.3. The highest BCUT2D eigenvalue weighted by Gasteiger charge is 2.23. The number of rotatable bonds is 8. The van der Waals surface area contributed by atoms with Gasteiger partial charge >= 0.3 is 0 Å². The zero-order valence-electron chi connectivity index (χ0n) is 21.6. The summed E-state index contributed by atoms with van der Waals surface area (Å²) in [5, 5.41) is 20.5. The maximum absolute atomic E-state index is 11.7. The van der Waals surface area contributed by atoms with E-state index in [4.69, 9.17) is 4.98 Å². The molecule has 0 radical (unpaired) electrons. The van der Waals surface area contributed by atoms with E-state index in [1.54, 1.807) is 17.0 Å². The standard InChI is InChI=1S/C28H32N8O2/c1-4-25(37)31-22-7-5-6-20(16-22)24-17-30-36-19-29-27(33-26(24)36)32-21-8-10-23(11-9-21)35-14-12-34(13-15-35)18-28(2,3)38/h4-11,16-17,19,38H,1,12-15,18H2,2-3H3,(H,31,37)(H,32,33). The Morgan fingerprint density at radius 3 is 2.58 bits per heavy atom. The largest absolute Gasteiger partial charge is 0.389 e. The Morgan fingerprint density at radius 1 is 1.11 bits per heavy atom. The minimum Gasteiger partial charge on any atom is -0.389 e. The predicted octanol–water partition coefficient (Wildman–Crippen LogP) is 3.55. The van der Waals surface area contributed by atoms with Crippen LogP contribution < -0.4 is 15.5 Å². The topological polar surface area (TPSA) is 111 Å². The molecule has 196 valence electrons. The van der Waals surface area contributed by atoms with Crippen molar-refractivity contribution >= 4 is 34.6 Å². The van der Waals surface area contributed by atoms with Gasteiger partial charge in [0.15, 0.2) is 5.65 Å². The molecule has 2 aromatic carbocycles. The van der Waals surface area contributed by atoms with E-state index in [-0.39, 0.29) is 5.91 Å². The molecule has 1 saturated heterocycles. The van der Waals surface area contributed by atoms with Crippen LogP contribution in [-0.2, 0) is 4.79 Å². The molecule has 4 aromatic rings. The Morgan fingerprint density at radius 2 is 1.87 bits per heavy atom. The van der Waals surface area contributed by atoms with Crippen LogP contribution in [0.25, 0.3) is 16.8 Å². The summed E-state index contributed by atoms with van der Waals surface area (Å²) in [7, 11) is 0. The van der Waals surface area contributed by atoms with Crippen LogP contribution in [0.5, 0.6) is 0 Å². The summed E-state index contributed by atoms with van der Waals surface area (Å²) in [5.74, 6) is 0.193. The Hall–Kier alpha value is -4.28. The minimum atomic E-state index is -0.675. The number of nitrogens with zero attached hydrogens (tertiary/aromatic N) is 6. The van der Waals surface area contributed by atoms with Gasteiger partial charge in [-0.05, 0) is 61.9 Å². The predicted molar refractivity (Wildman–Crippen MR) is 150 cm³/mol. The Labute approximate surface area is 221 Å². The molecular formula is C28H32N8O2. The van der Waals surface area contributed by atoms with Gasteiger partial charge in [-0.2, -0.15) is 10.1 Å². The highest BCUT2D eigenvalue weighted by Crippen LogP contribution is 2.27. The van der Waals surface area contributed by atoms with Gasteiger partial charge < -0.3 is 20.6 Å². The second kappa shape index (κ2) is 10.6. The molecule has 2 aromatic heterocycles. The number of hydrogen-bond donors (Lipinski definition) is 3.